The van der Waals surface area contributed by atoms with Crippen molar-refractivity contribution in [3.05, 3.63) is 224 Å². The number of nitrogens with zero attached hydrogens (tertiary/aromatic N) is 3. The average molecular weight is 828 g/mol. The number of aromatic nitrogens is 3. The van der Waals surface area contributed by atoms with Gasteiger partial charge in [0.15, 0.2) is 0 Å². The van der Waals surface area contributed by atoms with E-state index in [1.165, 1.54) is 60.1 Å². The SMILES string of the molecule is CC1(C)c2ccccc2-c2c(-c3cc(-c4ccccc4)nc(-c4cc(-c5cnc6c7ccccc7c7ccccc7c6n5)cc(-c5cc6ccccc6c6ccccc56)c4)c3)cccc21. The number of benzene rings is 10. The molecule has 304 valence electrons. The zero-order valence-corrected chi connectivity index (χ0v) is 36.0. The summed E-state index contributed by atoms with van der Waals surface area (Å²) in [6.45, 7) is 4.69. The first-order valence-corrected chi connectivity index (χ1v) is 22.4. The van der Waals surface area contributed by atoms with E-state index in [0.717, 1.165) is 72.3 Å². The van der Waals surface area contributed by atoms with Gasteiger partial charge in [-0.3, -0.25) is 4.98 Å². The molecule has 2 aromatic heterocycles. The molecule has 13 rings (SSSR count). The fourth-order valence-corrected chi connectivity index (χ4v) is 10.7. The predicted octanol–water partition coefficient (Wildman–Crippen LogP) is 16.3. The molecule has 0 aliphatic heterocycles. The van der Waals surface area contributed by atoms with E-state index < -0.39 is 0 Å². The first-order valence-electron chi connectivity index (χ1n) is 22.4. The topological polar surface area (TPSA) is 38.7 Å². The summed E-state index contributed by atoms with van der Waals surface area (Å²) in [6.07, 6.45) is 1.96. The Kier molecular flexibility index (Phi) is 8.25. The monoisotopic (exact) mass is 827 g/mol. The molecule has 12 aromatic rings. The van der Waals surface area contributed by atoms with E-state index in [1.807, 2.05) is 6.20 Å². The highest BCUT2D eigenvalue weighted by Gasteiger charge is 2.36. The minimum Gasteiger partial charge on any atom is -0.252 e. The van der Waals surface area contributed by atoms with E-state index in [-0.39, 0.29) is 5.41 Å². The molecular weight excluding hydrogens is 787 g/mol. The van der Waals surface area contributed by atoms with E-state index in [9.17, 15) is 0 Å². The van der Waals surface area contributed by atoms with Gasteiger partial charge in [0.05, 0.1) is 34.3 Å². The molecule has 1 aliphatic carbocycles. The van der Waals surface area contributed by atoms with Crippen LogP contribution in [-0.2, 0) is 5.41 Å². The van der Waals surface area contributed by atoms with Crippen molar-refractivity contribution in [1.29, 1.82) is 0 Å². The number of hydrogen-bond acceptors (Lipinski definition) is 3. The average Bonchev–Trinajstić information content (AvgIpc) is 3.61. The number of pyridine rings is 1. The van der Waals surface area contributed by atoms with Crippen LogP contribution in [0.2, 0.25) is 0 Å². The maximum absolute atomic E-state index is 5.54. The lowest BCUT2D eigenvalue weighted by atomic mass is 9.82. The van der Waals surface area contributed by atoms with E-state index >= 15 is 0 Å². The second kappa shape index (κ2) is 14.4. The van der Waals surface area contributed by atoms with Gasteiger partial charge in [-0.05, 0) is 113 Å². The van der Waals surface area contributed by atoms with Gasteiger partial charge >= 0.3 is 0 Å². The van der Waals surface area contributed by atoms with Crippen LogP contribution in [0.5, 0.6) is 0 Å². The Morgan fingerprint density at radius 2 is 0.846 bits per heavy atom. The van der Waals surface area contributed by atoms with E-state index in [0.29, 0.717) is 0 Å². The third kappa shape index (κ3) is 5.86. The molecule has 0 bridgehead atoms. The molecule has 0 atom stereocenters. The molecule has 0 saturated carbocycles. The summed E-state index contributed by atoms with van der Waals surface area (Å²) >= 11 is 0. The number of rotatable bonds is 5. The normalized spacial score (nSPS) is 12.9. The lowest BCUT2D eigenvalue weighted by molar-refractivity contribution is 0.660. The molecule has 0 saturated heterocycles. The highest BCUT2D eigenvalue weighted by Crippen LogP contribution is 2.52. The molecule has 0 fully saturated rings. The van der Waals surface area contributed by atoms with Crippen LogP contribution in [0.1, 0.15) is 25.0 Å². The number of hydrogen-bond donors (Lipinski definition) is 0. The van der Waals surface area contributed by atoms with Gasteiger partial charge in [0.1, 0.15) is 0 Å². The largest absolute Gasteiger partial charge is 0.252 e. The van der Waals surface area contributed by atoms with Crippen molar-refractivity contribution in [2.24, 2.45) is 0 Å². The Labute approximate surface area is 377 Å². The smallest absolute Gasteiger partial charge is 0.0979 e. The molecule has 10 aromatic carbocycles. The van der Waals surface area contributed by atoms with Gasteiger partial charge in [0, 0.05) is 32.9 Å². The minimum absolute atomic E-state index is 0.121. The highest BCUT2D eigenvalue weighted by molar-refractivity contribution is 6.23. The van der Waals surface area contributed by atoms with Crippen LogP contribution < -0.4 is 0 Å². The molecule has 3 heteroatoms. The van der Waals surface area contributed by atoms with Gasteiger partial charge in [-0.2, -0.15) is 0 Å². The summed E-state index contributed by atoms with van der Waals surface area (Å²) in [7, 11) is 0. The second-order valence-electron chi connectivity index (χ2n) is 17.9. The molecule has 2 heterocycles. The second-order valence-corrected chi connectivity index (χ2v) is 17.9. The minimum atomic E-state index is -0.121. The van der Waals surface area contributed by atoms with Crippen LogP contribution in [0, 0.1) is 0 Å². The quantitative estimate of drug-likeness (QED) is 0.162. The summed E-state index contributed by atoms with van der Waals surface area (Å²) in [4.78, 5) is 16.3. The van der Waals surface area contributed by atoms with E-state index in [1.54, 1.807) is 0 Å². The maximum Gasteiger partial charge on any atom is 0.0979 e. The molecule has 65 heavy (non-hydrogen) atoms. The summed E-state index contributed by atoms with van der Waals surface area (Å²) in [5.74, 6) is 0. The Bertz CT molecular complexity index is 3890. The summed E-state index contributed by atoms with van der Waals surface area (Å²) in [6, 6.07) is 74.7. The molecular formula is C62H41N3. The van der Waals surface area contributed by atoms with Crippen molar-refractivity contribution in [3.63, 3.8) is 0 Å². The van der Waals surface area contributed by atoms with Gasteiger partial charge in [0.25, 0.3) is 0 Å². The summed E-state index contributed by atoms with van der Waals surface area (Å²) < 4.78 is 0. The van der Waals surface area contributed by atoms with Gasteiger partial charge < -0.3 is 0 Å². The van der Waals surface area contributed by atoms with Crippen LogP contribution in [0.4, 0.5) is 0 Å². The molecule has 0 amide bonds. The molecule has 0 radical (unpaired) electrons. The lowest BCUT2D eigenvalue weighted by Gasteiger charge is -2.21. The fraction of sp³-hybridized carbons (Fsp3) is 0.0484. The maximum atomic E-state index is 5.54. The molecule has 0 spiro atoms. The zero-order chi connectivity index (χ0) is 43.2. The van der Waals surface area contributed by atoms with E-state index in [4.69, 9.17) is 15.0 Å². The van der Waals surface area contributed by atoms with Crippen LogP contribution >= 0.6 is 0 Å². The lowest BCUT2D eigenvalue weighted by Crippen LogP contribution is -2.14. The number of fused-ring (bicyclic) bond motifs is 12. The van der Waals surface area contributed by atoms with Crippen LogP contribution in [0.3, 0.4) is 0 Å². The molecule has 1 aliphatic rings. The van der Waals surface area contributed by atoms with Gasteiger partial charge in [-0.1, -0.05) is 184 Å². The Morgan fingerprint density at radius 1 is 0.323 bits per heavy atom. The van der Waals surface area contributed by atoms with Crippen molar-refractivity contribution in [2.75, 3.05) is 0 Å². The van der Waals surface area contributed by atoms with Gasteiger partial charge in [-0.15, -0.1) is 0 Å². The first-order chi connectivity index (χ1) is 32.0. The van der Waals surface area contributed by atoms with Crippen molar-refractivity contribution in [2.45, 2.75) is 19.3 Å². The van der Waals surface area contributed by atoms with Crippen molar-refractivity contribution < 1.29 is 0 Å². The molecule has 0 N–H and O–H groups in total. The van der Waals surface area contributed by atoms with Crippen molar-refractivity contribution >= 4 is 54.1 Å². The van der Waals surface area contributed by atoms with E-state index in [2.05, 4.69) is 220 Å². The first kappa shape index (κ1) is 37.3. The third-order valence-electron chi connectivity index (χ3n) is 13.8. The van der Waals surface area contributed by atoms with Crippen LogP contribution in [0.15, 0.2) is 212 Å². The third-order valence-corrected chi connectivity index (χ3v) is 13.8. The van der Waals surface area contributed by atoms with Gasteiger partial charge in [-0.25, -0.2) is 9.97 Å². The van der Waals surface area contributed by atoms with Crippen LogP contribution in [-0.4, -0.2) is 15.0 Å². The zero-order valence-electron chi connectivity index (χ0n) is 36.0. The standard InChI is InChI=1S/C62H41N3/c1-62(2)54-29-15-14-27-52(54)59-45(28-16-30-55(59)62)41-35-56(38-17-4-3-5-18-38)64-57(36-41)42-31-40(53-34-39-19-6-7-20-44(39)46-21-8-9-24-49(46)53)32-43(33-42)58-37-63-60-50-25-12-10-22-47(50)48-23-11-13-26-51(48)61(60)65-58/h3-37H,1-2H3. The predicted molar refractivity (Wildman–Crippen MR) is 272 cm³/mol. The van der Waals surface area contributed by atoms with Crippen LogP contribution in [0.25, 0.3) is 121 Å². The fourth-order valence-electron chi connectivity index (χ4n) is 10.7. The summed E-state index contributed by atoms with van der Waals surface area (Å²) in [5, 5.41) is 9.41. The molecule has 0 unspecified atom stereocenters. The Hall–Kier alpha value is -8.27. The highest BCUT2D eigenvalue weighted by atomic mass is 14.8. The van der Waals surface area contributed by atoms with Gasteiger partial charge in [0.2, 0.25) is 0 Å². The summed E-state index contributed by atoms with van der Waals surface area (Å²) in [5.41, 5.74) is 17.2. The molecule has 3 nitrogen and oxygen atoms in total. The Balaban J connectivity index is 1.10. The Morgan fingerprint density at radius 3 is 1.60 bits per heavy atom. The van der Waals surface area contributed by atoms with Crippen molar-refractivity contribution in [3.8, 4) is 67.2 Å². The van der Waals surface area contributed by atoms with Crippen molar-refractivity contribution in [1.82, 2.24) is 15.0 Å².